The molecule has 0 radical (unpaired) electrons. The largest absolute Gasteiger partial charge is 0.435 e. The van der Waals surface area contributed by atoms with Crippen LogP contribution >= 0.6 is 10.5 Å². The molecule has 0 N–H and O–H groups in total. The molecule has 0 heterocycles. The van der Waals surface area contributed by atoms with Crippen LogP contribution in [0.2, 0.25) is 0 Å². The van der Waals surface area contributed by atoms with E-state index in [1.165, 1.54) is 24.3 Å². The van der Waals surface area contributed by atoms with Crippen molar-refractivity contribution in [1.29, 1.82) is 0 Å². The van der Waals surface area contributed by atoms with Gasteiger partial charge in [-0.05, 0) is 48.5 Å². The van der Waals surface area contributed by atoms with Crippen LogP contribution < -0.4 is 8.92 Å². The van der Waals surface area contributed by atoms with Crippen LogP contribution in [-0.2, 0) is 0 Å². The molecule has 2 rings (SSSR count). The molecule has 0 aliphatic carbocycles. The normalized spacial score (nSPS) is 14.2. The lowest BCUT2D eigenvalue weighted by atomic mass is 10.2. The van der Waals surface area contributed by atoms with Crippen molar-refractivity contribution < 1.29 is 37.9 Å². The van der Waals surface area contributed by atoms with Crippen LogP contribution in [0.15, 0.2) is 48.5 Å². The fraction of sp³-hybridized carbons (Fsp3) is 0. The Balaban J connectivity index is 2.10. The Morgan fingerprint density at radius 1 is 0.833 bits per heavy atom. The topological polar surface area (TPSA) is 52.6 Å². The Hall–Kier alpha value is -2.62. The van der Waals surface area contributed by atoms with Gasteiger partial charge in [-0.25, -0.2) is 4.79 Å². The molecule has 0 saturated heterocycles. The molecule has 130 valence electrons. The molecule has 2 aromatic rings. The van der Waals surface area contributed by atoms with Crippen molar-refractivity contribution in [3.63, 3.8) is 0 Å². The maximum atomic E-state index is 12.2. The van der Waals surface area contributed by atoms with E-state index >= 15 is 0 Å². The van der Waals surface area contributed by atoms with Crippen LogP contribution in [-0.4, -0.2) is 12.3 Å². The lowest BCUT2D eigenvalue weighted by Gasteiger charge is -2.39. The number of ether oxygens (including phenoxy) is 1. The van der Waals surface area contributed by atoms with Gasteiger partial charge in [0.15, 0.2) is 0 Å². The number of halogens is 5. The van der Waals surface area contributed by atoms with E-state index in [0.717, 1.165) is 12.1 Å². The first-order valence-corrected chi connectivity index (χ1v) is 8.05. The van der Waals surface area contributed by atoms with Gasteiger partial charge in [-0.15, -0.1) is 0 Å². The number of rotatable bonds is 5. The minimum atomic E-state index is -10.1. The van der Waals surface area contributed by atoms with Gasteiger partial charge in [0.2, 0.25) is 0 Å². The summed E-state index contributed by atoms with van der Waals surface area (Å²) in [5.74, 6) is -1.98. The van der Waals surface area contributed by atoms with E-state index in [4.69, 9.17) is 4.74 Å². The molecule has 24 heavy (non-hydrogen) atoms. The van der Waals surface area contributed by atoms with Crippen molar-refractivity contribution in [2.45, 2.75) is 0 Å². The second-order valence-electron chi connectivity index (χ2n) is 4.58. The first-order valence-electron chi connectivity index (χ1n) is 6.17. The molecule has 10 heteroatoms. The van der Waals surface area contributed by atoms with Gasteiger partial charge >= 0.3 is 16.5 Å². The number of carbonyl (C=O) groups excluding carboxylic acids is 2. The Bertz CT molecular complexity index is 770. The van der Waals surface area contributed by atoms with Crippen molar-refractivity contribution in [3.05, 3.63) is 59.7 Å². The molecule has 0 aliphatic rings. The number of benzene rings is 2. The highest BCUT2D eigenvalue weighted by Gasteiger charge is 2.67. The Morgan fingerprint density at radius 3 is 1.79 bits per heavy atom. The second-order valence-corrected chi connectivity index (χ2v) is 6.55. The molecule has 0 amide bonds. The van der Waals surface area contributed by atoms with Crippen molar-refractivity contribution in [3.8, 4) is 11.5 Å². The van der Waals surface area contributed by atoms with Crippen molar-refractivity contribution in [1.82, 2.24) is 0 Å². The van der Waals surface area contributed by atoms with E-state index < -0.39 is 22.2 Å². The highest BCUT2D eigenvalue weighted by atomic mass is 32.5. The van der Waals surface area contributed by atoms with E-state index in [1.807, 2.05) is 0 Å². The molecular formula is C14H9F5O4S. The third-order valence-corrected chi connectivity index (χ3v) is 3.08. The Morgan fingerprint density at radius 2 is 1.33 bits per heavy atom. The third-order valence-electron chi connectivity index (χ3n) is 2.57. The average Bonchev–Trinajstić information content (AvgIpc) is 2.45. The zero-order valence-corrected chi connectivity index (χ0v) is 12.4. The van der Waals surface area contributed by atoms with Crippen LogP contribution in [0.5, 0.6) is 11.5 Å². The van der Waals surface area contributed by atoms with E-state index in [2.05, 4.69) is 4.18 Å². The van der Waals surface area contributed by atoms with Crippen molar-refractivity contribution in [2.75, 3.05) is 0 Å². The fourth-order valence-electron chi connectivity index (χ4n) is 1.61. The number of hydrogen-bond donors (Lipinski definition) is 0. The summed E-state index contributed by atoms with van der Waals surface area (Å²) in [5.41, 5.74) is 0.177. The maximum absolute atomic E-state index is 12.2. The standard InChI is InChI=1S/C14H9F5O4S/c15-24(16,17,18,19)23-13-7-3-11(4-8-13)14(21)22-12-5-1-10(9-20)2-6-12/h1-9H. The molecule has 0 aromatic heterocycles. The van der Waals surface area contributed by atoms with Crippen LogP contribution in [0.25, 0.3) is 0 Å². The fourth-order valence-corrected chi connectivity index (χ4v) is 2.08. The molecule has 0 spiro atoms. The summed E-state index contributed by atoms with van der Waals surface area (Å²) in [7, 11) is -10.1. The summed E-state index contributed by atoms with van der Waals surface area (Å²) in [6.07, 6.45) is 0.586. The van der Waals surface area contributed by atoms with Gasteiger partial charge in [-0.2, -0.15) is 0 Å². The lowest BCUT2D eigenvalue weighted by molar-refractivity contribution is 0.0734. The lowest BCUT2D eigenvalue weighted by Crippen LogP contribution is -2.14. The monoisotopic (exact) mass is 368 g/mol. The maximum Gasteiger partial charge on any atom is 0.435 e. The van der Waals surface area contributed by atoms with Gasteiger partial charge in [-0.3, -0.25) is 4.79 Å². The van der Waals surface area contributed by atoms with Gasteiger partial charge in [0.1, 0.15) is 17.8 Å². The van der Waals surface area contributed by atoms with Crippen LogP contribution in [0.3, 0.4) is 0 Å². The van der Waals surface area contributed by atoms with E-state index in [-0.39, 0.29) is 11.3 Å². The van der Waals surface area contributed by atoms with Crippen molar-refractivity contribution in [2.24, 2.45) is 0 Å². The van der Waals surface area contributed by atoms with Crippen molar-refractivity contribution >= 4 is 22.8 Å². The SMILES string of the molecule is O=Cc1ccc(OC(=O)c2ccc(OS(F)(F)(F)(F)F)cc2)cc1. The smallest absolute Gasteiger partial charge is 0.423 e. The van der Waals surface area contributed by atoms with Gasteiger partial charge < -0.3 is 8.92 Å². The van der Waals surface area contributed by atoms with Gasteiger partial charge in [0, 0.05) is 5.56 Å². The predicted molar refractivity (Wildman–Crippen MR) is 77.0 cm³/mol. The molecule has 0 atom stereocenters. The molecule has 0 saturated carbocycles. The molecule has 0 fully saturated rings. The van der Waals surface area contributed by atoms with Gasteiger partial charge in [0.25, 0.3) is 0 Å². The van der Waals surface area contributed by atoms with Crippen LogP contribution in [0.4, 0.5) is 19.4 Å². The molecule has 2 aromatic carbocycles. The summed E-state index contributed by atoms with van der Waals surface area (Å²) in [6, 6.07) is 8.30. The summed E-state index contributed by atoms with van der Waals surface area (Å²) >= 11 is 0. The molecule has 0 bridgehead atoms. The zero-order chi connectivity index (χ0) is 18.1. The number of esters is 1. The number of aldehydes is 1. The van der Waals surface area contributed by atoms with Crippen LogP contribution in [0.1, 0.15) is 20.7 Å². The van der Waals surface area contributed by atoms with E-state index in [9.17, 15) is 29.0 Å². The zero-order valence-electron chi connectivity index (χ0n) is 11.6. The summed E-state index contributed by atoms with van der Waals surface area (Å²) in [5, 5.41) is 0. The summed E-state index contributed by atoms with van der Waals surface area (Å²) in [6.45, 7) is 0. The van der Waals surface area contributed by atoms with Crippen LogP contribution in [0, 0.1) is 0 Å². The summed E-state index contributed by atoms with van der Waals surface area (Å²) < 4.78 is 68.6. The molecular weight excluding hydrogens is 359 g/mol. The quantitative estimate of drug-likeness (QED) is 0.311. The summed E-state index contributed by atoms with van der Waals surface area (Å²) in [4.78, 5) is 22.3. The molecule has 4 nitrogen and oxygen atoms in total. The highest BCUT2D eigenvalue weighted by molar-refractivity contribution is 8.42. The molecule has 0 aliphatic heterocycles. The Kier molecular flexibility index (Phi) is 3.84. The number of hydrogen-bond acceptors (Lipinski definition) is 4. The third kappa shape index (κ3) is 5.54. The minimum Gasteiger partial charge on any atom is -0.423 e. The van der Waals surface area contributed by atoms with E-state index in [1.54, 1.807) is 0 Å². The van der Waals surface area contributed by atoms with Gasteiger partial charge in [-0.1, -0.05) is 19.4 Å². The minimum absolute atomic E-state index is 0.0953. The number of carbonyl (C=O) groups is 2. The van der Waals surface area contributed by atoms with E-state index in [0.29, 0.717) is 24.0 Å². The average molecular weight is 368 g/mol. The second kappa shape index (κ2) is 5.20. The highest BCUT2D eigenvalue weighted by Crippen LogP contribution is 2.97. The predicted octanol–water partition coefficient (Wildman–Crippen LogP) is 5.31. The first-order chi connectivity index (χ1) is 10.8. The first kappa shape index (κ1) is 17.7. The molecule has 0 unspecified atom stereocenters. The Labute approximate surface area is 132 Å². The van der Waals surface area contributed by atoms with Gasteiger partial charge in [0.05, 0.1) is 5.56 Å².